The number of hydrogen-bond acceptors (Lipinski definition) is 5. The molecule has 128 valence electrons. The van der Waals surface area contributed by atoms with Gasteiger partial charge in [0.25, 0.3) is 5.91 Å². The molecule has 0 unspecified atom stereocenters. The number of benzene rings is 1. The molecule has 0 fully saturated rings. The molecule has 0 radical (unpaired) electrons. The number of methoxy groups -OCH3 is 1. The Morgan fingerprint density at radius 3 is 2.62 bits per heavy atom. The van der Waals surface area contributed by atoms with E-state index in [1.54, 1.807) is 12.3 Å². The molecule has 1 aromatic carbocycles. The zero-order valence-electron chi connectivity index (χ0n) is 14.1. The molecule has 2 rings (SSSR count). The molecule has 0 saturated heterocycles. The first-order valence-corrected chi connectivity index (χ1v) is 8.59. The van der Waals surface area contributed by atoms with Gasteiger partial charge >= 0.3 is 0 Å². The summed E-state index contributed by atoms with van der Waals surface area (Å²) < 4.78 is 19.0. The average molecular weight is 349 g/mol. The second kappa shape index (κ2) is 8.10. The predicted molar refractivity (Wildman–Crippen MR) is 93.3 cm³/mol. The molecule has 24 heavy (non-hydrogen) atoms. The molecular formula is C17H20FN3O2S. The zero-order valence-corrected chi connectivity index (χ0v) is 14.9. The van der Waals surface area contributed by atoms with Crippen LogP contribution in [0.4, 0.5) is 10.1 Å². The molecule has 0 N–H and O–H groups in total. The van der Waals surface area contributed by atoms with Crippen molar-refractivity contribution in [1.29, 1.82) is 0 Å². The summed E-state index contributed by atoms with van der Waals surface area (Å²) >= 11 is 1.45. The van der Waals surface area contributed by atoms with Gasteiger partial charge in [0, 0.05) is 30.2 Å². The van der Waals surface area contributed by atoms with Crippen LogP contribution in [-0.4, -0.2) is 34.8 Å². The fraction of sp³-hybridized carbons (Fsp3) is 0.353. The highest BCUT2D eigenvalue weighted by Gasteiger charge is 2.25. The highest BCUT2D eigenvalue weighted by Crippen LogP contribution is 2.27. The standard InChI is InChI=1S/C17H20FN3O2S/c1-5-24-16-15(19-8-9-20-16)17(22)21(11(2)3)12-6-7-14(23-4)13(18)10-12/h6-11H,5H2,1-4H3. The Balaban J connectivity index is 2.44. The summed E-state index contributed by atoms with van der Waals surface area (Å²) in [6.07, 6.45) is 3.04. The minimum Gasteiger partial charge on any atom is -0.494 e. The average Bonchev–Trinajstić information content (AvgIpc) is 2.55. The van der Waals surface area contributed by atoms with Crippen molar-refractivity contribution in [3.63, 3.8) is 0 Å². The maximum atomic E-state index is 14.0. The summed E-state index contributed by atoms with van der Waals surface area (Å²) in [6, 6.07) is 4.28. The van der Waals surface area contributed by atoms with Crippen molar-refractivity contribution in [1.82, 2.24) is 9.97 Å². The van der Waals surface area contributed by atoms with Crippen molar-refractivity contribution in [2.24, 2.45) is 0 Å². The summed E-state index contributed by atoms with van der Waals surface area (Å²) in [7, 11) is 1.40. The summed E-state index contributed by atoms with van der Waals surface area (Å²) in [5.74, 6) is 0.0867. The van der Waals surface area contributed by atoms with E-state index in [0.29, 0.717) is 10.7 Å². The smallest absolute Gasteiger partial charge is 0.279 e. The molecule has 7 heteroatoms. The quantitative estimate of drug-likeness (QED) is 0.743. The van der Waals surface area contributed by atoms with Gasteiger partial charge in [-0.25, -0.2) is 14.4 Å². The van der Waals surface area contributed by atoms with Crippen LogP contribution in [-0.2, 0) is 0 Å². The number of thioether (sulfide) groups is 1. The van der Waals surface area contributed by atoms with E-state index in [1.165, 1.54) is 42.1 Å². The van der Waals surface area contributed by atoms with Crippen LogP contribution in [0.3, 0.4) is 0 Å². The number of amides is 1. The molecule has 0 spiro atoms. The van der Waals surface area contributed by atoms with Gasteiger partial charge in [-0.2, -0.15) is 0 Å². The van der Waals surface area contributed by atoms with Crippen molar-refractivity contribution in [3.8, 4) is 5.75 Å². The van der Waals surface area contributed by atoms with Gasteiger partial charge in [-0.15, -0.1) is 11.8 Å². The molecule has 1 heterocycles. The summed E-state index contributed by atoms with van der Waals surface area (Å²) in [5.41, 5.74) is 0.723. The fourth-order valence-electron chi connectivity index (χ4n) is 2.28. The van der Waals surface area contributed by atoms with Crippen molar-refractivity contribution in [2.45, 2.75) is 31.8 Å². The van der Waals surface area contributed by atoms with Crippen molar-refractivity contribution >= 4 is 23.4 Å². The third-order valence-electron chi connectivity index (χ3n) is 3.30. The number of anilines is 1. The molecule has 0 atom stereocenters. The van der Waals surface area contributed by atoms with Crippen LogP contribution >= 0.6 is 11.8 Å². The predicted octanol–water partition coefficient (Wildman–Crippen LogP) is 3.79. The first kappa shape index (κ1) is 18.2. The third kappa shape index (κ3) is 3.84. The number of ether oxygens (including phenoxy) is 1. The second-order valence-electron chi connectivity index (χ2n) is 5.23. The van der Waals surface area contributed by atoms with Crippen LogP contribution in [0.5, 0.6) is 5.75 Å². The van der Waals surface area contributed by atoms with Gasteiger partial charge in [-0.05, 0) is 31.7 Å². The Labute approximate surface area is 145 Å². The van der Waals surface area contributed by atoms with Crippen LogP contribution in [0.15, 0.2) is 35.6 Å². The molecular weight excluding hydrogens is 329 g/mol. The summed E-state index contributed by atoms with van der Waals surface area (Å²) in [6.45, 7) is 5.71. The second-order valence-corrected chi connectivity index (χ2v) is 6.48. The van der Waals surface area contributed by atoms with Gasteiger partial charge in [-0.1, -0.05) is 6.92 Å². The number of carbonyl (C=O) groups is 1. The van der Waals surface area contributed by atoms with E-state index in [4.69, 9.17) is 4.74 Å². The van der Waals surface area contributed by atoms with Crippen molar-refractivity contribution < 1.29 is 13.9 Å². The number of halogens is 1. The van der Waals surface area contributed by atoms with Crippen molar-refractivity contribution in [2.75, 3.05) is 17.8 Å². The Morgan fingerprint density at radius 2 is 2.04 bits per heavy atom. The van der Waals surface area contributed by atoms with Crippen LogP contribution < -0.4 is 9.64 Å². The molecule has 0 aliphatic rings. The van der Waals surface area contributed by atoms with E-state index in [9.17, 15) is 9.18 Å². The van der Waals surface area contributed by atoms with Gasteiger partial charge in [0.15, 0.2) is 17.3 Å². The van der Waals surface area contributed by atoms with Crippen molar-refractivity contribution in [3.05, 3.63) is 42.1 Å². The molecule has 2 aromatic rings. The summed E-state index contributed by atoms with van der Waals surface area (Å²) in [5, 5.41) is 0.574. The molecule has 5 nitrogen and oxygen atoms in total. The lowest BCUT2D eigenvalue weighted by Crippen LogP contribution is -2.38. The Kier molecular flexibility index (Phi) is 6.14. The number of carbonyl (C=O) groups excluding carboxylic acids is 1. The van der Waals surface area contributed by atoms with Gasteiger partial charge in [0.1, 0.15) is 5.03 Å². The van der Waals surface area contributed by atoms with Gasteiger partial charge in [-0.3, -0.25) is 4.79 Å². The number of rotatable bonds is 6. The zero-order chi connectivity index (χ0) is 17.7. The minimum absolute atomic E-state index is 0.136. The number of hydrogen-bond donors (Lipinski definition) is 0. The van der Waals surface area contributed by atoms with E-state index in [-0.39, 0.29) is 23.4 Å². The molecule has 1 aromatic heterocycles. The largest absolute Gasteiger partial charge is 0.494 e. The SMILES string of the molecule is CCSc1nccnc1C(=O)N(c1ccc(OC)c(F)c1)C(C)C. The normalized spacial score (nSPS) is 10.8. The lowest BCUT2D eigenvalue weighted by atomic mass is 10.2. The summed E-state index contributed by atoms with van der Waals surface area (Å²) in [4.78, 5) is 22.9. The highest BCUT2D eigenvalue weighted by molar-refractivity contribution is 7.99. The van der Waals surface area contributed by atoms with Crippen LogP contribution in [0.2, 0.25) is 0 Å². The third-order valence-corrected chi connectivity index (χ3v) is 4.16. The van der Waals surface area contributed by atoms with Crippen LogP contribution in [0, 0.1) is 5.82 Å². The van der Waals surface area contributed by atoms with E-state index >= 15 is 0 Å². The van der Waals surface area contributed by atoms with Gasteiger partial charge in [0.2, 0.25) is 0 Å². The molecule has 1 amide bonds. The fourth-order valence-corrected chi connectivity index (χ4v) is 2.97. The van der Waals surface area contributed by atoms with Gasteiger partial charge in [0.05, 0.1) is 7.11 Å². The highest BCUT2D eigenvalue weighted by atomic mass is 32.2. The number of aromatic nitrogens is 2. The molecule has 0 aliphatic carbocycles. The van der Waals surface area contributed by atoms with E-state index < -0.39 is 5.82 Å². The lowest BCUT2D eigenvalue weighted by Gasteiger charge is -2.27. The Bertz CT molecular complexity index is 725. The first-order valence-electron chi connectivity index (χ1n) is 7.60. The maximum Gasteiger partial charge on any atom is 0.279 e. The van der Waals surface area contributed by atoms with E-state index in [0.717, 1.165) is 5.75 Å². The number of nitrogens with zero attached hydrogens (tertiary/aromatic N) is 3. The first-order chi connectivity index (χ1) is 11.5. The molecule has 0 saturated carbocycles. The van der Waals surface area contributed by atoms with E-state index in [1.807, 2.05) is 20.8 Å². The Hall–Kier alpha value is -2.15. The van der Waals surface area contributed by atoms with Crippen LogP contribution in [0.25, 0.3) is 0 Å². The minimum atomic E-state index is -0.518. The molecule has 0 bridgehead atoms. The molecule has 0 aliphatic heterocycles. The lowest BCUT2D eigenvalue weighted by molar-refractivity contribution is 0.0971. The van der Waals surface area contributed by atoms with Crippen LogP contribution in [0.1, 0.15) is 31.3 Å². The Morgan fingerprint density at radius 1 is 1.33 bits per heavy atom. The monoisotopic (exact) mass is 349 g/mol. The topological polar surface area (TPSA) is 55.3 Å². The maximum absolute atomic E-state index is 14.0. The van der Waals surface area contributed by atoms with Gasteiger partial charge < -0.3 is 9.64 Å². The van der Waals surface area contributed by atoms with E-state index in [2.05, 4.69) is 9.97 Å².